The highest BCUT2D eigenvalue weighted by Crippen LogP contribution is 2.32. The van der Waals surface area contributed by atoms with Crippen LogP contribution < -0.4 is 5.73 Å². The fraction of sp³-hybridized carbons (Fsp3) is 0.900. The predicted octanol–water partition coefficient (Wildman–Crippen LogP) is 1.78. The van der Waals surface area contributed by atoms with E-state index in [9.17, 15) is 0 Å². The van der Waals surface area contributed by atoms with Crippen molar-refractivity contribution >= 4 is 17.2 Å². The van der Waals surface area contributed by atoms with E-state index in [-0.39, 0.29) is 0 Å². The predicted molar refractivity (Wildman–Crippen MR) is 60.8 cm³/mol. The van der Waals surface area contributed by atoms with Crippen molar-refractivity contribution in [1.29, 1.82) is 0 Å². The van der Waals surface area contributed by atoms with E-state index in [1.807, 2.05) is 0 Å². The van der Waals surface area contributed by atoms with Gasteiger partial charge in [-0.1, -0.05) is 25.1 Å². The van der Waals surface area contributed by atoms with E-state index < -0.39 is 0 Å². The van der Waals surface area contributed by atoms with Gasteiger partial charge in [-0.15, -0.1) is 0 Å². The van der Waals surface area contributed by atoms with Crippen LogP contribution in [0.15, 0.2) is 0 Å². The molecule has 1 rings (SSSR count). The van der Waals surface area contributed by atoms with Gasteiger partial charge in [0.25, 0.3) is 0 Å². The zero-order chi connectivity index (χ0) is 9.84. The minimum absolute atomic E-state index is 0.556. The van der Waals surface area contributed by atoms with Gasteiger partial charge in [0.05, 0.1) is 4.99 Å². The number of thiocarbonyl (C=S) groups is 1. The highest BCUT2D eigenvalue weighted by Gasteiger charge is 2.22. The van der Waals surface area contributed by atoms with Crippen molar-refractivity contribution in [3.05, 3.63) is 0 Å². The molecule has 0 aromatic rings. The largest absolute Gasteiger partial charge is 0.392 e. The Morgan fingerprint density at radius 1 is 1.54 bits per heavy atom. The summed E-state index contributed by atoms with van der Waals surface area (Å²) in [5.41, 5.74) is 5.54. The number of nitrogens with zero attached hydrogens (tertiary/aromatic N) is 1. The van der Waals surface area contributed by atoms with E-state index in [2.05, 4.69) is 18.7 Å². The maximum absolute atomic E-state index is 5.54. The third-order valence-corrected chi connectivity index (χ3v) is 2.74. The zero-order valence-electron chi connectivity index (χ0n) is 8.62. The molecule has 1 aliphatic carbocycles. The monoisotopic (exact) mass is 200 g/mol. The Kier molecular flexibility index (Phi) is 4.13. The van der Waals surface area contributed by atoms with Crippen LogP contribution in [0.25, 0.3) is 0 Å². The average molecular weight is 200 g/mol. The van der Waals surface area contributed by atoms with Crippen LogP contribution in [0, 0.1) is 5.92 Å². The molecule has 0 spiro atoms. The molecule has 0 aromatic heterocycles. The van der Waals surface area contributed by atoms with Gasteiger partial charge in [-0.2, -0.15) is 0 Å². The Hall–Kier alpha value is -0.150. The number of rotatable bonds is 6. The Bertz CT molecular complexity index is 176. The van der Waals surface area contributed by atoms with E-state index in [4.69, 9.17) is 18.0 Å². The molecule has 0 saturated heterocycles. The van der Waals surface area contributed by atoms with Gasteiger partial charge in [-0.3, -0.25) is 4.90 Å². The SMILES string of the molecule is CC(C)N(CCC1CC1)CC(N)=S. The molecular formula is C10H20N2S. The molecule has 0 aliphatic heterocycles. The first kappa shape index (κ1) is 10.9. The van der Waals surface area contributed by atoms with Gasteiger partial charge >= 0.3 is 0 Å². The third-order valence-electron chi connectivity index (χ3n) is 2.61. The van der Waals surface area contributed by atoms with Crippen LogP contribution in [0.3, 0.4) is 0 Å². The summed E-state index contributed by atoms with van der Waals surface area (Å²) in [4.78, 5) is 2.98. The standard InChI is InChI=1S/C10H20N2S/c1-8(2)12(7-10(11)13)6-5-9-3-4-9/h8-9H,3-7H2,1-2H3,(H2,11,13). The van der Waals surface area contributed by atoms with Gasteiger partial charge in [0.1, 0.15) is 0 Å². The summed E-state index contributed by atoms with van der Waals surface area (Å²) in [6.45, 7) is 6.33. The minimum Gasteiger partial charge on any atom is -0.392 e. The molecule has 0 bridgehead atoms. The van der Waals surface area contributed by atoms with Crippen LogP contribution in [0.5, 0.6) is 0 Å². The quantitative estimate of drug-likeness (QED) is 0.663. The molecule has 3 heteroatoms. The van der Waals surface area contributed by atoms with E-state index in [1.54, 1.807) is 0 Å². The first-order valence-electron chi connectivity index (χ1n) is 5.12. The summed E-state index contributed by atoms with van der Waals surface area (Å²) in [7, 11) is 0. The number of hydrogen-bond donors (Lipinski definition) is 1. The normalized spacial score (nSPS) is 16.9. The average Bonchev–Trinajstić information content (AvgIpc) is 2.79. The van der Waals surface area contributed by atoms with Crippen LogP contribution in [0.4, 0.5) is 0 Å². The first-order chi connectivity index (χ1) is 6.09. The summed E-state index contributed by atoms with van der Waals surface area (Å²) in [6, 6.07) is 0.556. The van der Waals surface area contributed by atoms with E-state index >= 15 is 0 Å². The lowest BCUT2D eigenvalue weighted by Crippen LogP contribution is -2.38. The maximum Gasteiger partial charge on any atom is 0.0870 e. The highest BCUT2D eigenvalue weighted by molar-refractivity contribution is 7.80. The highest BCUT2D eigenvalue weighted by atomic mass is 32.1. The van der Waals surface area contributed by atoms with Gasteiger partial charge in [-0.05, 0) is 32.7 Å². The Balaban J connectivity index is 2.23. The second-order valence-electron chi connectivity index (χ2n) is 4.26. The van der Waals surface area contributed by atoms with Crippen molar-refractivity contribution in [3.8, 4) is 0 Å². The molecule has 0 aromatic carbocycles. The Morgan fingerprint density at radius 3 is 2.54 bits per heavy atom. The van der Waals surface area contributed by atoms with Crippen LogP contribution >= 0.6 is 12.2 Å². The Morgan fingerprint density at radius 2 is 2.15 bits per heavy atom. The molecular weight excluding hydrogens is 180 g/mol. The Labute approximate surface area is 86.5 Å². The van der Waals surface area contributed by atoms with Crippen LogP contribution in [-0.4, -0.2) is 29.0 Å². The van der Waals surface area contributed by atoms with Crippen molar-refractivity contribution in [1.82, 2.24) is 4.90 Å². The van der Waals surface area contributed by atoms with Gasteiger partial charge < -0.3 is 5.73 Å². The summed E-state index contributed by atoms with van der Waals surface area (Å²) in [5, 5.41) is 0. The molecule has 0 atom stereocenters. The van der Waals surface area contributed by atoms with E-state index in [0.717, 1.165) is 19.0 Å². The molecule has 2 N–H and O–H groups in total. The van der Waals surface area contributed by atoms with Crippen molar-refractivity contribution in [3.63, 3.8) is 0 Å². The molecule has 76 valence electrons. The van der Waals surface area contributed by atoms with Gasteiger partial charge in [-0.25, -0.2) is 0 Å². The van der Waals surface area contributed by atoms with Gasteiger partial charge in [0, 0.05) is 12.6 Å². The van der Waals surface area contributed by atoms with Crippen molar-refractivity contribution < 1.29 is 0 Å². The smallest absolute Gasteiger partial charge is 0.0870 e. The summed E-state index contributed by atoms with van der Waals surface area (Å²) in [5.74, 6) is 0.993. The molecule has 2 nitrogen and oxygen atoms in total. The lowest BCUT2D eigenvalue weighted by Gasteiger charge is -2.25. The van der Waals surface area contributed by atoms with Crippen molar-refractivity contribution in [2.75, 3.05) is 13.1 Å². The lowest BCUT2D eigenvalue weighted by atomic mass is 10.2. The molecule has 1 saturated carbocycles. The second-order valence-corrected chi connectivity index (χ2v) is 4.79. The first-order valence-corrected chi connectivity index (χ1v) is 5.52. The zero-order valence-corrected chi connectivity index (χ0v) is 9.44. The van der Waals surface area contributed by atoms with Crippen LogP contribution in [-0.2, 0) is 0 Å². The van der Waals surface area contributed by atoms with E-state index in [1.165, 1.54) is 19.3 Å². The van der Waals surface area contributed by atoms with Crippen LogP contribution in [0.2, 0.25) is 0 Å². The summed E-state index contributed by atoms with van der Waals surface area (Å²) >= 11 is 4.92. The summed E-state index contributed by atoms with van der Waals surface area (Å²) in [6.07, 6.45) is 4.18. The van der Waals surface area contributed by atoms with E-state index in [0.29, 0.717) is 11.0 Å². The molecule has 0 amide bonds. The number of hydrogen-bond acceptors (Lipinski definition) is 2. The molecule has 1 aliphatic rings. The van der Waals surface area contributed by atoms with Crippen LogP contribution in [0.1, 0.15) is 33.1 Å². The topological polar surface area (TPSA) is 29.3 Å². The van der Waals surface area contributed by atoms with Crippen molar-refractivity contribution in [2.24, 2.45) is 11.7 Å². The fourth-order valence-corrected chi connectivity index (χ4v) is 1.64. The molecule has 0 heterocycles. The van der Waals surface area contributed by atoms with Gasteiger partial charge in [0.2, 0.25) is 0 Å². The summed E-state index contributed by atoms with van der Waals surface area (Å²) < 4.78 is 0. The third kappa shape index (κ3) is 4.58. The fourth-order valence-electron chi connectivity index (χ4n) is 1.47. The second kappa shape index (κ2) is 4.91. The molecule has 13 heavy (non-hydrogen) atoms. The van der Waals surface area contributed by atoms with Gasteiger partial charge in [0.15, 0.2) is 0 Å². The maximum atomic E-state index is 5.54. The molecule has 0 unspecified atom stereocenters. The lowest BCUT2D eigenvalue weighted by molar-refractivity contribution is 0.246. The molecule has 1 fully saturated rings. The van der Waals surface area contributed by atoms with Crippen molar-refractivity contribution in [2.45, 2.75) is 39.2 Å². The minimum atomic E-state index is 0.556. The molecule has 0 radical (unpaired) electrons. The number of nitrogens with two attached hydrogens (primary N) is 1.